The van der Waals surface area contributed by atoms with E-state index in [0.717, 1.165) is 5.56 Å². The zero-order valence-electron chi connectivity index (χ0n) is 10.2. The van der Waals surface area contributed by atoms with Gasteiger partial charge in [-0.15, -0.1) is 0 Å². The molecule has 0 fully saturated rings. The molecule has 1 aromatic carbocycles. The van der Waals surface area contributed by atoms with Crippen molar-refractivity contribution >= 4 is 12.0 Å². The van der Waals surface area contributed by atoms with Gasteiger partial charge in [0.25, 0.3) is 0 Å². The molecule has 0 heterocycles. The van der Waals surface area contributed by atoms with Gasteiger partial charge in [0.1, 0.15) is 6.10 Å². The number of hydrogen-bond acceptors (Lipinski definition) is 3. The molecule has 3 nitrogen and oxygen atoms in total. The number of carbonyl (C=O) groups is 1. The Bertz CT molecular complexity index is 368. The average molecular weight is 234 g/mol. The summed E-state index contributed by atoms with van der Waals surface area (Å²) in [5.41, 5.74) is 1.04. The highest BCUT2D eigenvalue weighted by Gasteiger charge is 2.11. The lowest BCUT2D eigenvalue weighted by Crippen LogP contribution is -2.19. The van der Waals surface area contributed by atoms with Gasteiger partial charge in [-0.25, -0.2) is 0 Å². The maximum Gasteiger partial charge on any atom is 0.303 e. The van der Waals surface area contributed by atoms with E-state index in [4.69, 9.17) is 4.74 Å². The predicted octanol–water partition coefficient (Wildman–Crippen LogP) is 2.40. The van der Waals surface area contributed by atoms with Gasteiger partial charge in [0.15, 0.2) is 0 Å². The fraction of sp³-hybridized carbons (Fsp3) is 0.357. The maximum atomic E-state index is 10.9. The first kappa shape index (κ1) is 13.5. The van der Waals surface area contributed by atoms with Crippen molar-refractivity contribution in [2.24, 2.45) is 0 Å². The molecule has 0 bridgehead atoms. The van der Waals surface area contributed by atoms with Crippen LogP contribution in [-0.2, 0) is 9.53 Å². The van der Waals surface area contributed by atoms with E-state index in [1.54, 1.807) is 13.0 Å². The standard InChI is InChI=1S/C14H18O3/c1-11(15)10-14(17-12(2)16)9-8-13-6-4-3-5-7-13/h3-9,11,14-15H,10H2,1-2H3/b9-8+/t11-,14-/m0/s1. The first-order valence-corrected chi connectivity index (χ1v) is 5.66. The summed E-state index contributed by atoms with van der Waals surface area (Å²) >= 11 is 0. The highest BCUT2D eigenvalue weighted by molar-refractivity contribution is 5.66. The van der Waals surface area contributed by atoms with E-state index < -0.39 is 6.10 Å². The summed E-state index contributed by atoms with van der Waals surface area (Å²) in [6.07, 6.45) is 3.20. The third-order valence-corrected chi connectivity index (χ3v) is 2.19. The Hall–Kier alpha value is -1.61. The Morgan fingerprint density at radius 1 is 1.41 bits per heavy atom. The van der Waals surface area contributed by atoms with Gasteiger partial charge in [-0.3, -0.25) is 4.79 Å². The molecule has 0 radical (unpaired) electrons. The Labute approximate surface area is 102 Å². The van der Waals surface area contributed by atoms with Crippen LogP contribution in [0.2, 0.25) is 0 Å². The molecule has 0 aromatic heterocycles. The minimum atomic E-state index is -0.500. The number of aliphatic hydroxyl groups is 1. The van der Waals surface area contributed by atoms with Crippen LogP contribution in [0.4, 0.5) is 0 Å². The third kappa shape index (κ3) is 5.88. The van der Waals surface area contributed by atoms with E-state index in [0.29, 0.717) is 6.42 Å². The van der Waals surface area contributed by atoms with E-state index in [1.807, 2.05) is 36.4 Å². The number of benzene rings is 1. The highest BCUT2D eigenvalue weighted by Crippen LogP contribution is 2.09. The summed E-state index contributed by atoms with van der Waals surface area (Å²) in [5, 5.41) is 9.31. The minimum absolute atomic E-state index is 0.339. The van der Waals surface area contributed by atoms with Gasteiger partial charge in [-0.2, -0.15) is 0 Å². The summed E-state index contributed by atoms with van der Waals surface area (Å²) in [5.74, 6) is -0.339. The Balaban J connectivity index is 2.65. The van der Waals surface area contributed by atoms with Crippen molar-refractivity contribution in [3.8, 4) is 0 Å². The molecule has 0 saturated carbocycles. The van der Waals surface area contributed by atoms with Gasteiger partial charge in [0.05, 0.1) is 6.10 Å². The second-order valence-electron chi connectivity index (χ2n) is 4.00. The molecule has 0 amide bonds. The predicted molar refractivity (Wildman–Crippen MR) is 67.3 cm³/mol. The number of aliphatic hydroxyl groups excluding tert-OH is 1. The summed E-state index contributed by atoms with van der Waals surface area (Å²) in [6, 6.07) is 9.74. The fourth-order valence-electron chi connectivity index (χ4n) is 1.50. The first-order valence-electron chi connectivity index (χ1n) is 5.66. The smallest absolute Gasteiger partial charge is 0.303 e. The van der Waals surface area contributed by atoms with Gasteiger partial charge in [-0.1, -0.05) is 36.4 Å². The molecule has 0 saturated heterocycles. The van der Waals surface area contributed by atoms with Crippen LogP contribution in [0, 0.1) is 0 Å². The van der Waals surface area contributed by atoms with Crippen molar-refractivity contribution in [2.45, 2.75) is 32.5 Å². The average Bonchev–Trinajstić information content (AvgIpc) is 2.26. The molecule has 0 spiro atoms. The molecule has 17 heavy (non-hydrogen) atoms. The number of ether oxygens (including phenoxy) is 1. The Morgan fingerprint density at radius 3 is 2.59 bits per heavy atom. The van der Waals surface area contributed by atoms with E-state index >= 15 is 0 Å². The van der Waals surface area contributed by atoms with E-state index in [-0.39, 0.29) is 12.1 Å². The monoisotopic (exact) mass is 234 g/mol. The van der Waals surface area contributed by atoms with Crippen LogP contribution in [0.3, 0.4) is 0 Å². The molecule has 0 aliphatic rings. The van der Waals surface area contributed by atoms with Crippen LogP contribution in [0.15, 0.2) is 36.4 Å². The van der Waals surface area contributed by atoms with Crippen LogP contribution < -0.4 is 0 Å². The van der Waals surface area contributed by atoms with E-state index in [9.17, 15) is 9.90 Å². The topological polar surface area (TPSA) is 46.5 Å². The van der Waals surface area contributed by atoms with Crippen LogP contribution >= 0.6 is 0 Å². The Morgan fingerprint density at radius 2 is 2.06 bits per heavy atom. The SMILES string of the molecule is CC(=O)O[C@@H](/C=C/c1ccccc1)C[C@H](C)O. The lowest BCUT2D eigenvalue weighted by Gasteiger charge is -2.14. The van der Waals surface area contributed by atoms with Crippen molar-refractivity contribution < 1.29 is 14.6 Å². The number of hydrogen-bond donors (Lipinski definition) is 1. The molecule has 3 heteroatoms. The molecule has 1 N–H and O–H groups in total. The molecule has 1 aromatic rings. The summed E-state index contributed by atoms with van der Waals surface area (Å²) < 4.78 is 5.10. The summed E-state index contributed by atoms with van der Waals surface area (Å²) in [4.78, 5) is 10.9. The van der Waals surface area contributed by atoms with Crippen LogP contribution in [-0.4, -0.2) is 23.3 Å². The largest absolute Gasteiger partial charge is 0.458 e. The molecule has 2 atom stereocenters. The summed E-state index contributed by atoms with van der Waals surface area (Å²) in [6.45, 7) is 3.04. The number of esters is 1. The quantitative estimate of drug-likeness (QED) is 0.796. The second kappa shape index (κ2) is 6.86. The van der Waals surface area contributed by atoms with Crippen LogP contribution in [0.25, 0.3) is 6.08 Å². The Kier molecular flexibility index (Phi) is 5.43. The van der Waals surface area contributed by atoms with E-state index in [2.05, 4.69) is 0 Å². The fourth-order valence-corrected chi connectivity index (χ4v) is 1.50. The molecule has 1 rings (SSSR count). The van der Waals surface area contributed by atoms with Crippen molar-refractivity contribution in [3.05, 3.63) is 42.0 Å². The van der Waals surface area contributed by atoms with Gasteiger partial charge in [0, 0.05) is 13.3 Å². The molecular formula is C14H18O3. The van der Waals surface area contributed by atoms with Crippen molar-refractivity contribution in [1.29, 1.82) is 0 Å². The number of rotatable bonds is 5. The molecule has 92 valence electrons. The molecule has 0 aliphatic carbocycles. The zero-order valence-corrected chi connectivity index (χ0v) is 10.2. The summed E-state index contributed by atoms with van der Waals surface area (Å²) in [7, 11) is 0. The molecule has 0 unspecified atom stereocenters. The molecular weight excluding hydrogens is 216 g/mol. The lowest BCUT2D eigenvalue weighted by molar-refractivity contribution is -0.145. The van der Waals surface area contributed by atoms with Gasteiger partial charge in [0.2, 0.25) is 0 Å². The van der Waals surface area contributed by atoms with Crippen LogP contribution in [0.1, 0.15) is 25.8 Å². The molecule has 0 aliphatic heterocycles. The third-order valence-electron chi connectivity index (χ3n) is 2.19. The van der Waals surface area contributed by atoms with Gasteiger partial charge in [-0.05, 0) is 18.6 Å². The van der Waals surface area contributed by atoms with Gasteiger partial charge >= 0.3 is 5.97 Å². The highest BCUT2D eigenvalue weighted by atomic mass is 16.5. The number of carbonyl (C=O) groups excluding carboxylic acids is 1. The zero-order chi connectivity index (χ0) is 12.7. The normalized spacial score (nSPS) is 14.5. The lowest BCUT2D eigenvalue weighted by atomic mass is 10.1. The van der Waals surface area contributed by atoms with Crippen molar-refractivity contribution in [1.82, 2.24) is 0 Å². The van der Waals surface area contributed by atoms with E-state index in [1.165, 1.54) is 6.92 Å². The van der Waals surface area contributed by atoms with Crippen molar-refractivity contribution in [3.63, 3.8) is 0 Å². The van der Waals surface area contributed by atoms with Crippen LogP contribution in [0.5, 0.6) is 0 Å². The van der Waals surface area contributed by atoms with Crippen molar-refractivity contribution in [2.75, 3.05) is 0 Å². The second-order valence-corrected chi connectivity index (χ2v) is 4.00. The minimum Gasteiger partial charge on any atom is -0.458 e. The maximum absolute atomic E-state index is 10.9. The first-order chi connectivity index (χ1) is 8.08. The van der Waals surface area contributed by atoms with Gasteiger partial charge < -0.3 is 9.84 Å².